The highest BCUT2D eigenvalue weighted by molar-refractivity contribution is 9.08. The monoisotopic (exact) mass is 351 g/mol. The molecule has 0 spiro atoms. The van der Waals surface area contributed by atoms with Crippen LogP contribution in [0.15, 0.2) is 24.3 Å². The number of halogens is 1. The second-order valence-electron chi connectivity index (χ2n) is 4.48. The van der Waals surface area contributed by atoms with E-state index in [1.165, 1.54) is 5.56 Å². The minimum absolute atomic E-state index is 0.300. The molecule has 0 N–H and O–H groups in total. The number of fused-ring (bicyclic) bond motifs is 3. The maximum Gasteiger partial charge on any atom is 0.376 e. The maximum atomic E-state index is 11.9. The second-order valence-corrected chi connectivity index (χ2v) is 4.48. The third-order valence-electron chi connectivity index (χ3n) is 3.29. The first-order chi connectivity index (χ1) is 10.3. The Hall–Kier alpha value is -1.69. The summed E-state index contributed by atoms with van der Waals surface area (Å²) in [6.07, 6.45) is 1.95. The third kappa shape index (κ3) is 3.15. The van der Waals surface area contributed by atoms with E-state index in [4.69, 9.17) is 4.74 Å². The smallest absolute Gasteiger partial charge is 0.376 e. The quantitative estimate of drug-likeness (QED) is 0.616. The molecule has 0 atom stereocenters. The van der Waals surface area contributed by atoms with E-state index in [1.54, 1.807) is 6.92 Å². The molecule has 112 valence electrons. The van der Waals surface area contributed by atoms with Gasteiger partial charge in [-0.3, -0.25) is 0 Å². The van der Waals surface area contributed by atoms with Crippen molar-refractivity contribution in [1.29, 1.82) is 0 Å². The van der Waals surface area contributed by atoms with Crippen molar-refractivity contribution < 1.29 is 9.53 Å². The third-order valence-corrected chi connectivity index (χ3v) is 3.29. The molecular weight excluding hydrogens is 334 g/mol. The highest BCUT2D eigenvalue weighted by Gasteiger charge is 2.23. The van der Waals surface area contributed by atoms with E-state index in [0.717, 1.165) is 30.8 Å². The van der Waals surface area contributed by atoms with Crippen molar-refractivity contribution in [2.45, 2.75) is 26.3 Å². The number of hydrogen-bond acceptors (Lipinski definition) is 4. The van der Waals surface area contributed by atoms with Gasteiger partial charge in [-0.2, -0.15) is 0 Å². The van der Waals surface area contributed by atoms with Gasteiger partial charge in [-0.1, -0.05) is 40.2 Å². The number of aryl methyl sites for hydroxylation is 1. The summed E-state index contributed by atoms with van der Waals surface area (Å²) in [5.41, 5.74) is 2.31. The Balaban J connectivity index is 0.000000774. The zero-order valence-electron chi connectivity index (χ0n) is 12.2. The standard InChI is InChI=1S/C14H15N3O2.CH3Br/c1-2-19-14(18)13-16-15-12-11-8-4-3-6-10(11)7-5-9-17(12)13;1-2/h3-4,6,8H,2,5,7,9H2,1H3;1H3. The molecule has 0 bridgehead atoms. The zero-order chi connectivity index (χ0) is 15.2. The van der Waals surface area contributed by atoms with Gasteiger partial charge in [0.25, 0.3) is 0 Å². The van der Waals surface area contributed by atoms with E-state index in [2.05, 4.69) is 32.2 Å². The van der Waals surface area contributed by atoms with Crippen LogP contribution in [0.2, 0.25) is 0 Å². The molecule has 2 aromatic rings. The minimum atomic E-state index is -0.402. The van der Waals surface area contributed by atoms with Crippen LogP contribution in [0.5, 0.6) is 0 Å². The van der Waals surface area contributed by atoms with Gasteiger partial charge in [0.2, 0.25) is 5.82 Å². The first-order valence-electron chi connectivity index (χ1n) is 6.87. The first kappa shape index (κ1) is 15.7. The number of rotatable bonds is 2. The Morgan fingerprint density at radius 2 is 2.10 bits per heavy atom. The van der Waals surface area contributed by atoms with Gasteiger partial charge in [0.1, 0.15) is 0 Å². The number of hydrogen-bond donors (Lipinski definition) is 0. The van der Waals surface area contributed by atoms with E-state index in [9.17, 15) is 4.79 Å². The van der Waals surface area contributed by atoms with Crippen LogP contribution in [0.25, 0.3) is 11.4 Å². The van der Waals surface area contributed by atoms with E-state index in [-0.39, 0.29) is 0 Å². The van der Waals surface area contributed by atoms with Crippen LogP contribution < -0.4 is 0 Å². The molecule has 1 aromatic heterocycles. The van der Waals surface area contributed by atoms with Gasteiger partial charge in [0.05, 0.1) is 6.61 Å². The summed E-state index contributed by atoms with van der Waals surface area (Å²) < 4.78 is 6.88. The van der Waals surface area contributed by atoms with Crippen LogP contribution in [0.3, 0.4) is 0 Å². The van der Waals surface area contributed by atoms with Crippen LogP contribution in [0.4, 0.5) is 0 Å². The summed E-state index contributed by atoms with van der Waals surface area (Å²) in [6.45, 7) is 2.87. The SMILES string of the molecule is CBr.CCOC(=O)c1nnc2n1CCCc1ccccc1-2. The fourth-order valence-corrected chi connectivity index (χ4v) is 2.44. The Morgan fingerprint density at radius 1 is 1.33 bits per heavy atom. The van der Waals surface area contributed by atoms with Crippen molar-refractivity contribution in [2.24, 2.45) is 0 Å². The van der Waals surface area contributed by atoms with Crippen molar-refractivity contribution in [3.8, 4) is 11.4 Å². The molecule has 0 aliphatic carbocycles. The van der Waals surface area contributed by atoms with Gasteiger partial charge in [-0.25, -0.2) is 4.79 Å². The van der Waals surface area contributed by atoms with E-state index >= 15 is 0 Å². The van der Waals surface area contributed by atoms with Crippen LogP contribution in [0, 0.1) is 0 Å². The number of alkyl halides is 1. The molecule has 5 nitrogen and oxygen atoms in total. The van der Waals surface area contributed by atoms with Crippen molar-refractivity contribution in [3.63, 3.8) is 0 Å². The first-order valence-corrected chi connectivity index (χ1v) is 8.46. The highest BCUT2D eigenvalue weighted by Crippen LogP contribution is 2.27. The Labute approximate surface area is 132 Å². The molecule has 3 rings (SSSR count). The molecule has 1 aliphatic heterocycles. The second kappa shape index (κ2) is 7.36. The average Bonchev–Trinajstić information content (AvgIpc) is 2.85. The summed E-state index contributed by atoms with van der Waals surface area (Å²) in [4.78, 5) is 11.9. The number of esters is 1. The number of nitrogens with zero attached hydrogens (tertiary/aromatic N) is 3. The molecule has 6 heteroatoms. The molecule has 0 unspecified atom stereocenters. The van der Waals surface area contributed by atoms with Crippen molar-refractivity contribution in [1.82, 2.24) is 14.8 Å². The lowest BCUT2D eigenvalue weighted by atomic mass is 10.0. The molecule has 0 saturated heterocycles. The summed E-state index contributed by atoms with van der Waals surface area (Å²) in [7, 11) is 0. The normalized spacial score (nSPS) is 12.3. The molecule has 0 amide bonds. The van der Waals surface area contributed by atoms with E-state index in [0.29, 0.717) is 12.4 Å². The zero-order valence-corrected chi connectivity index (χ0v) is 13.8. The van der Waals surface area contributed by atoms with Gasteiger partial charge in [-0.05, 0) is 31.2 Å². The van der Waals surface area contributed by atoms with Gasteiger partial charge in [-0.15, -0.1) is 10.2 Å². The predicted octanol–water partition coefficient (Wildman–Crippen LogP) is 3.08. The molecule has 0 radical (unpaired) electrons. The Bertz CT molecular complexity index is 625. The number of benzene rings is 1. The van der Waals surface area contributed by atoms with Crippen LogP contribution in [0.1, 0.15) is 29.5 Å². The van der Waals surface area contributed by atoms with Crippen LogP contribution >= 0.6 is 15.9 Å². The van der Waals surface area contributed by atoms with Gasteiger partial charge >= 0.3 is 5.97 Å². The van der Waals surface area contributed by atoms with Crippen LogP contribution in [-0.2, 0) is 17.7 Å². The van der Waals surface area contributed by atoms with Gasteiger partial charge in [0.15, 0.2) is 5.82 Å². The largest absolute Gasteiger partial charge is 0.460 e. The average molecular weight is 352 g/mol. The maximum absolute atomic E-state index is 11.9. The van der Waals surface area contributed by atoms with Gasteiger partial charge < -0.3 is 9.30 Å². The van der Waals surface area contributed by atoms with Crippen molar-refractivity contribution in [2.75, 3.05) is 12.4 Å². The molecule has 0 saturated carbocycles. The highest BCUT2D eigenvalue weighted by atomic mass is 79.9. The minimum Gasteiger partial charge on any atom is -0.460 e. The molecule has 1 aromatic carbocycles. The molecule has 1 aliphatic rings. The lowest BCUT2D eigenvalue weighted by Gasteiger charge is -2.06. The van der Waals surface area contributed by atoms with Crippen molar-refractivity contribution >= 4 is 21.9 Å². The van der Waals surface area contributed by atoms with Crippen LogP contribution in [-0.4, -0.2) is 33.2 Å². The fraction of sp³-hybridized carbons (Fsp3) is 0.400. The summed E-state index contributed by atoms with van der Waals surface area (Å²) in [5, 5.41) is 8.17. The molecule has 0 fully saturated rings. The lowest BCUT2D eigenvalue weighted by Crippen LogP contribution is -2.14. The Kier molecular flexibility index (Phi) is 5.50. The summed E-state index contributed by atoms with van der Waals surface area (Å²) in [5.74, 6) is 2.47. The topological polar surface area (TPSA) is 57.0 Å². The number of carbonyl (C=O) groups is 1. The van der Waals surface area contributed by atoms with E-state index < -0.39 is 5.97 Å². The van der Waals surface area contributed by atoms with Gasteiger partial charge in [0, 0.05) is 12.1 Å². The molecular formula is C15H18BrN3O2. The summed E-state index contributed by atoms with van der Waals surface area (Å²) in [6, 6.07) is 8.13. The number of ether oxygens (including phenoxy) is 1. The van der Waals surface area contributed by atoms with E-state index in [1.807, 2.05) is 28.6 Å². The number of aromatic nitrogens is 3. The Morgan fingerprint density at radius 3 is 2.86 bits per heavy atom. The van der Waals surface area contributed by atoms with Crippen molar-refractivity contribution in [3.05, 3.63) is 35.7 Å². The lowest BCUT2D eigenvalue weighted by molar-refractivity contribution is 0.0506. The molecule has 21 heavy (non-hydrogen) atoms. The predicted molar refractivity (Wildman–Crippen MR) is 84.6 cm³/mol. The number of carbonyl (C=O) groups excluding carboxylic acids is 1. The molecule has 2 heterocycles. The summed E-state index contributed by atoms with van der Waals surface area (Å²) >= 11 is 2.94. The fourth-order valence-electron chi connectivity index (χ4n) is 2.44.